The molecule has 1 aliphatic heterocycles. The summed E-state index contributed by atoms with van der Waals surface area (Å²) in [6.45, 7) is 0. The van der Waals surface area contributed by atoms with Gasteiger partial charge in [0.15, 0.2) is 0 Å². The molecular weight excluding hydrogens is 617 g/mol. The minimum Gasteiger partial charge on any atom is -0.455 e. The van der Waals surface area contributed by atoms with E-state index in [0.717, 1.165) is 41.0 Å². The van der Waals surface area contributed by atoms with Crippen molar-refractivity contribution >= 4 is 32.3 Å². The molecule has 0 N–H and O–H groups in total. The predicted molar refractivity (Wildman–Crippen MR) is 214 cm³/mol. The van der Waals surface area contributed by atoms with Gasteiger partial charge < -0.3 is 4.74 Å². The summed E-state index contributed by atoms with van der Waals surface area (Å²) in [5.41, 5.74) is 15.3. The quantitative estimate of drug-likeness (QED) is 0.173. The molecule has 9 aromatic carbocycles. The first-order valence-electron chi connectivity index (χ1n) is 17.9. The summed E-state index contributed by atoms with van der Waals surface area (Å²) < 4.78 is 6.91. The van der Waals surface area contributed by atoms with E-state index in [-0.39, 0.29) is 0 Å². The van der Waals surface area contributed by atoms with Gasteiger partial charge in [-0.1, -0.05) is 146 Å². The third-order valence-electron chi connectivity index (χ3n) is 11.1. The molecule has 0 atom stereocenters. The van der Waals surface area contributed by atoms with Crippen molar-refractivity contribution in [3.63, 3.8) is 0 Å². The summed E-state index contributed by atoms with van der Waals surface area (Å²) in [6, 6.07) is 62.3. The van der Waals surface area contributed by atoms with E-state index in [1.807, 2.05) is 0 Å². The number of fused-ring (bicyclic) bond motifs is 8. The lowest BCUT2D eigenvalue weighted by molar-refractivity contribution is 0.489. The summed E-state index contributed by atoms with van der Waals surface area (Å²) >= 11 is 0. The predicted octanol–water partition coefficient (Wildman–Crippen LogP) is 13.7. The van der Waals surface area contributed by atoms with Crippen LogP contribution in [0.15, 0.2) is 170 Å². The van der Waals surface area contributed by atoms with Crippen molar-refractivity contribution in [3.05, 3.63) is 181 Å². The topological polar surface area (TPSA) is 9.23 Å². The van der Waals surface area contributed by atoms with Crippen LogP contribution in [0.1, 0.15) is 11.1 Å². The van der Waals surface area contributed by atoms with Gasteiger partial charge in [0.05, 0.1) is 0 Å². The Balaban J connectivity index is 0.977. The fourth-order valence-electron chi connectivity index (χ4n) is 8.59. The Morgan fingerprint density at radius 1 is 0.333 bits per heavy atom. The molecule has 0 aromatic heterocycles. The van der Waals surface area contributed by atoms with Crippen LogP contribution >= 0.6 is 0 Å². The highest BCUT2D eigenvalue weighted by Gasteiger charge is 2.24. The lowest BCUT2D eigenvalue weighted by Crippen LogP contribution is -2.03. The van der Waals surface area contributed by atoms with Crippen LogP contribution in [0.3, 0.4) is 0 Å². The maximum absolute atomic E-state index is 6.91. The molecule has 2 aliphatic rings. The summed E-state index contributed by atoms with van der Waals surface area (Å²) in [7, 11) is 0. The summed E-state index contributed by atoms with van der Waals surface area (Å²) in [4.78, 5) is 0. The Morgan fingerprint density at radius 3 is 1.86 bits per heavy atom. The fraction of sp³-hybridized carbons (Fsp3) is 0.0400. The largest absolute Gasteiger partial charge is 0.455 e. The van der Waals surface area contributed by atoms with Crippen molar-refractivity contribution in [2.24, 2.45) is 0 Å². The molecule has 1 nitrogen and oxygen atoms in total. The van der Waals surface area contributed by atoms with Crippen LogP contribution in [0.2, 0.25) is 0 Å². The third kappa shape index (κ3) is 4.48. The Kier molecular flexibility index (Phi) is 6.15. The second kappa shape index (κ2) is 11.0. The SMILES string of the molecule is c1ccc(-c2ccc3cc4c5c(cccc5c3c2)-c2cccc(-c3ccc5cc(-c6ccc7c(c6)CCc6ccccc6-7)ccc5c3)c2O4)cc1. The molecular formula is C50H32O. The molecule has 1 aliphatic carbocycles. The van der Waals surface area contributed by atoms with Crippen LogP contribution in [0, 0.1) is 0 Å². The third-order valence-corrected chi connectivity index (χ3v) is 11.1. The van der Waals surface area contributed by atoms with E-state index >= 15 is 0 Å². The van der Waals surface area contributed by atoms with E-state index in [0.29, 0.717) is 0 Å². The molecule has 0 unspecified atom stereocenters. The molecule has 9 aromatic rings. The van der Waals surface area contributed by atoms with Crippen LogP contribution < -0.4 is 4.74 Å². The standard InChI is InChI=1S/C50H32O/c1-2-8-31(9-3-1)37-20-23-40-30-48-49-44(13-7-14-45(49)47(40)29-37)46-15-6-12-43(50(46)51-48)39-22-19-34-26-33(17-18-35(34)28-39)36-24-25-42-38(27-36)21-16-32-10-4-5-11-41(32)42/h1-15,17-20,22-30H,16,21H2. The van der Waals surface area contributed by atoms with Gasteiger partial charge in [0.2, 0.25) is 0 Å². The maximum atomic E-state index is 6.91. The van der Waals surface area contributed by atoms with Crippen molar-refractivity contribution in [1.29, 1.82) is 0 Å². The van der Waals surface area contributed by atoms with Gasteiger partial charge in [0.1, 0.15) is 11.5 Å². The molecule has 0 bridgehead atoms. The monoisotopic (exact) mass is 648 g/mol. The van der Waals surface area contributed by atoms with Gasteiger partial charge in [-0.2, -0.15) is 0 Å². The Bertz CT molecular complexity index is 2880. The number of rotatable bonds is 3. The van der Waals surface area contributed by atoms with Crippen molar-refractivity contribution < 1.29 is 4.74 Å². The average molecular weight is 649 g/mol. The second-order valence-corrected chi connectivity index (χ2v) is 14.0. The Morgan fingerprint density at radius 2 is 0.961 bits per heavy atom. The number of para-hydroxylation sites is 1. The highest BCUT2D eigenvalue weighted by atomic mass is 16.5. The number of ether oxygens (including phenoxy) is 1. The number of aryl methyl sites for hydroxylation is 2. The van der Waals surface area contributed by atoms with E-state index in [2.05, 4.69) is 170 Å². The Labute approximate surface area is 297 Å². The molecule has 0 saturated carbocycles. The molecule has 0 fully saturated rings. The van der Waals surface area contributed by atoms with E-state index in [9.17, 15) is 0 Å². The molecule has 11 rings (SSSR count). The summed E-state index contributed by atoms with van der Waals surface area (Å²) in [5.74, 6) is 1.84. The van der Waals surface area contributed by atoms with Gasteiger partial charge in [0.25, 0.3) is 0 Å². The highest BCUT2D eigenvalue weighted by Crippen LogP contribution is 2.52. The zero-order valence-corrected chi connectivity index (χ0v) is 28.0. The van der Waals surface area contributed by atoms with Crippen LogP contribution in [0.4, 0.5) is 0 Å². The first-order valence-corrected chi connectivity index (χ1v) is 17.9. The van der Waals surface area contributed by atoms with Crippen LogP contribution in [-0.4, -0.2) is 0 Å². The molecule has 1 heteroatoms. The van der Waals surface area contributed by atoms with Crippen LogP contribution in [-0.2, 0) is 12.8 Å². The molecule has 238 valence electrons. The van der Waals surface area contributed by atoms with Gasteiger partial charge in [-0.05, 0) is 120 Å². The fourth-order valence-corrected chi connectivity index (χ4v) is 8.59. The molecule has 0 radical (unpaired) electrons. The molecule has 0 amide bonds. The number of hydrogen-bond donors (Lipinski definition) is 0. The van der Waals surface area contributed by atoms with E-state index in [1.165, 1.54) is 82.4 Å². The minimum absolute atomic E-state index is 0.916. The molecule has 1 heterocycles. The van der Waals surface area contributed by atoms with Gasteiger partial charge in [-0.25, -0.2) is 0 Å². The first-order chi connectivity index (χ1) is 25.2. The maximum Gasteiger partial charge on any atom is 0.143 e. The van der Waals surface area contributed by atoms with Gasteiger partial charge in [-0.3, -0.25) is 0 Å². The van der Waals surface area contributed by atoms with E-state index in [1.54, 1.807) is 0 Å². The minimum atomic E-state index is 0.916. The van der Waals surface area contributed by atoms with Gasteiger partial charge >= 0.3 is 0 Å². The summed E-state index contributed by atoms with van der Waals surface area (Å²) in [5, 5.41) is 7.28. The first kappa shape index (κ1) is 28.4. The second-order valence-electron chi connectivity index (χ2n) is 14.0. The molecule has 0 saturated heterocycles. The van der Waals surface area contributed by atoms with Crippen LogP contribution in [0.25, 0.3) is 88.0 Å². The number of benzene rings is 9. The Hall–Kier alpha value is -6.44. The van der Waals surface area contributed by atoms with Crippen molar-refractivity contribution in [2.75, 3.05) is 0 Å². The molecule has 51 heavy (non-hydrogen) atoms. The van der Waals surface area contributed by atoms with Crippen molar-refractivity contribution in [2.45, 2.75) is 12.8 Å². The average Bonchev–Trinajstić information content (AvgIpc) is 3.20. The van der Waals surface area contributed by atoms with E-state index in [4.69, 9.17) is 4.74 Å². The zero-order valence-electron chi connectivity index (χ0n) is 28.0. The normalized spacial score (nSPS) is 12.7. The van der Waals surface area contributed by atoms with Gasteiger partial charge in [-0.15, -0.1) is 0 Å². The lowest BCUT2D eigenvalue weighted by Gasteiger charge is -2.25. The zero-order chi connectivity index (χ0) is 33.5. The smallest absolute Gasteiger partial charge is 0.143 e. The summed E-state index contributed by atoms with van der Waals surface area (Å²) in [6.07, 6.45) is 2.19. The molecule has 0 spiro atoms. The highest BCUT2D eigenvalue weighted by molar-refractivity contribution is 6.17. The lowest BCUT2D eigenvalue weighted by atomic mass is 9.84. The number of hydrogen-bond acceptors (Lipinski definition) is 1. The van der Waals surface area contributed by atoms with Crippen molar-refractivity contribution in [1.82, 2.24) is 0 Å². The van der Waals surface area contributed by atoms with Crippen molar-refractivity contribution in [3.8, 4) is 67.1 Å². The van der Waals surface area contributed by atoms with E-state index < -0.39 is 0 Å². The van der Waals surface area contributed by atoms with Gasteiger partial charge in [0, 0.05) is 16.5 Å². The van der Waals surface area contributed by atoms with Crippen LogP contribution in [0.5, 0.6) is 11.5 Å².